The fourth-order valence-electron chi connectivity index (χ4n) is 10.5. The van der Waals surface area contributed by atoms with Gasteiger partial charge in [0, 0.05) is 49.3 Å². The first-order valence-corrected chi connectivity index (χ1v) is 34.1. The lowest BCUT2D eigenvalue weighted by Gasteiger charge is -2.27. The summed E-state index contributed by atoms with van der Waals surface area (Å²) in [4.78, 5) is 192. The molecule has 12 atom stereocenters. The maximum atomic E-state index is 14.5. The monoisotopic (exact) mass is 1540 g/mol. The van der Waals surface area contributed by atoms with Crippen LogP contribution in [-0.4, -0.2) is 265 Å². The minimum absolute atomic E-state index is 0.0253. The Bertz CT molecular complexity index is 4030. The molecule has 0 fully saturated rings. The number of hydrogen-bond acceptors (Lipinski definition) is 24. The summed E-state index contributed by atoms with van der Waals surface area (Å²) < 4.78 is 0. The van der Waals surface area contributed by atoms with Gasteiger partial charge < -0.3 is 137 Å². The molecule has 4 aromatic carbocycles. The Labute approximate surface area is 627 Å². The van der Waals surface area contributed by atoms with E-state index in [0.29, 0.717) is 27.6 Å². The zero-order valence-corrected chi connectivity index (χ0v) is 59.5. The molecule has 1 heterocycles. The van der Waals surface area contributed by atoms with Crippen LogP contribution in [0, 0.1) is 5.41 Å². The summed E-state index contributed by atoms with van der Waals surface area (Å²) in [5.41, 5.74) is 12.8. The van der Waals surface area contributed by atoms with E-state index in [-0.39, 0.29) is 61.5 Å². The zero-order valence-electron chi connectivity index (χ0n) is 59.5. The minimum atomic E-state index is -1.98. The number of benzene rings is 4. The molecule has 0 saturated carbocycles. The van der Waals surface area contributed by atoms with Crippen molar-refractivity contribution in [1.29, 1.82) is 5.41 Å². The Morgan fingerprint density at radius 2 is 0.809 bits per heavy atom. The third-order valence-electron chi connectivity index (χ3n) is 16.5. The number of fused-ring (bicyclic) bond motifs is 1. The van der Waals surface area contributed by atoms with E-state index in [1.165, 1.54) is 72.8 Å². The molecule has 41 heteroatoms. The third-order valence-corrected chi connectivity index (χ3v) is 16.5. The smallest absolute Gasteiger partial charge is 0.326 e. The van der Waals surface area contributed by atoms with E-state index in [9.17, 15) is 113 Å². The topological polar surface area (TPSA) is 681 Å². The Hall–Kier alpha value is -12.6. The fraction of sp³-hybridized carbons (Fsp3) is 0.406. The molecule has 13 amide bonds. The number of aliphatic carboxylic acids is 1. The van der Waals surface area contributed by atoms with Gasteiger partial charge in [0.05, 0.1) is 52.2 Å². The van der Waals surface area contributed by atoms with Crippen molar-refractivity contribution in [3.05, 3.63) is 126 Å². The number of amides is 13. The van der Waals surface area contributed by atoms with E-state index in [0.717, 1.165) is 13.8 Å². The number of carbonyl (C=O) groups is 14. The molecule has 5 rings (SSSR count). The van der Waals surface area contributed by atoms with E-state index in [2.05, 4.69) is 79.4 Å². The number of rotatable bonds is 44. The van der Waals surface area contributed by atoms with Gasteiger partial charge in [-0.05, 0) is 91.4 Å². The number of aromatic hydroxyl groups is 3. The highest BCUT2D eigenvalue weighted by molar-refractivity contribution is 6.00. The molecule has 0 aliphatic rings. The number of phenols is 3. The molecule has 0 unspecified atom stereocenters. The average Bonchev–Trinajstić information content (AvgIpc) is 1.80. The van der Waals surface area contributed by atoms with Crippen LogP contribution in [-0.2, 0) is 92.8 Å². The van der Waals surface area contributed by atoms with E-state index < -0.39 is 214 Å². The number of guanidine groups is 1. The summed E-state index contributed by atoms with van der Waals surface area (Å²) in [6.07, 6.45) is -1.68. The number of nitrogens with two attached hydrogens (primary N) is 2. The Morgan fingerprint density at radius 3 is 1.28 bits per heavy atom. The number of aliphatic hydroxyl groups is 5. The molecule has 0 bridgehead atoms. The van der Waals surface area contributed by atoms with Gasteiger partial charge in [0.15, 0.2) is 5.96 Å². The van der Waals surface area contributed by atoms with Gasteiger partial charge in [-0.15, -0.1) is 0 Å². The number of carboxylic acid groups (broad SMARTS) is 1. The number of carboxylic acids is 1. The predicted octanol–water partition coefficient (Wildman–Crippen LogP) is -9.20. The number of aliphatic hydroxyl groups excluding tert-OH is 5. The fourth-order valence-corrected chi connectivity index (χ4v) is 10.5. The van der Waals surface area contributed by atoms with Crippen LogP contribution in [0.4, 0.5) is 0 Å². The SMILES string of the molecule is C[C@H](NC(=O)[C@H](CO)NC(=O)[C@@H](NC(=O)[C@H](CO)NC(=O)CNC(=O)CN)[C@@H](C)O)C(=O)N[C@@H](CCCNC(=N)N)C(=O)N[C@@H](Cc1ccc(O)cc1)C(=O)N[C@@H](CO)C(=O)N[C@@H](CO)C(=O)NCC(=O)N[C@@H](Cc1c[nH]c2ccccc12)C(=O)N[C@@H](Cc1ccc(O)cc1)C(=O)N[C@@H](Cc1ccc(O)cc1)C(=O)O. The Balaban J connectivity index is 1.28. The number of para-hydroxylation sites is 1. The van der Waals surface area contributed by atoms with Crippen molar-refractivity contribution in [2.75, 3.05) is 52.6 Å². The van der Waals surface area contributed by atoms with Crippen molar-refractivity contribution < 1.29 is 113 Å². The first kappa shape index (κ1) is 88.1. The van der Waals surface area contributed by atoms with Gasteiger partial charge in [0.2, 0.25) is 76.8 Å². The second-order valence-electron chi connectivity index (χ2n) is 25.1. The van der Waals surface area contributed by atoms with Gasteiger partial charge in [-0.25, -0.2) is 4.79 Å². The van der Waals surface area contributed by atoms with Crippen LogP contribution in [0.2, 0.25) is 0 Å². The quantitative estimate of drug-likeness (QED) is 0.00978. The van der Waals surface area contributed by atoms with E-state index in [4.69, 9.17) is 16.9 Å². The van der Waals surface area contributed by atoms with Crippen molar-refractivity contribution >= 4 is 99.6 Å². The highest BCUT2D eigenvalue weighted by Gasteiger charge is 2.37. The van der Waals surface area contributed by atoms with Gasteiger partial charge in [-0.1, -0.05) is 54.6 Å². The molecule has 0 aliphatic carbocycles. The third kappa shape index (κ3) is 28.6. The number of nitrogens with one attached hydrogen (secondary N) is 16. The summed E-state index contributed by atoms with van der Waals surface area (Å²) >= 11 is 0. The zero-order chi connectivity index (χ0) is 81.3. The molecule has 1 aromatic heterocycles. The number of aromatic nitrogens is 1. The Kier molecular flexibility index (Phi) is 35.1. The van der Waals surface area contributed by atoms with Gasteiger partial charge >= 0.3 is 5.97 Å². The number of aromatic amines is 1. The maximum Gasteiger partial charge on any atom is 0.326 e. The second kappa shape index (κ2) is 43.9. The summed E-state index contributed by atoms with van der Waals surface area (Å²) in [5.74, 6) is -16.7. The molecular weight excluding hydrogens is 1450 g/mol. The predicted molar refractivity (Wildman–Crippen MR) is 386 cm³/mol. The highest BCUT2D eigenvalue weighted by Crippen LogP contribution is 2.21. The maximum absolute atomic E-state index is 14.5. The lowest BCUT2D eigenvalue weighted by Crippen LogP contribution is -2.62. The second-order valence-corrected chi connectivity index (χ2v) is 25.1. The van der Waals surface area contributed by atoms with Crippen molar-refractivity contribution in [3.8, 4) is 17.2 Å². The lowest BCUT2D eigenvalue weighted by atomic mass is 10.0. The molecule has 5 aromatic rings. The van der Waals surface area contributed by atoms with E-state index in [1.807, 2.05) is 0 Å². The van der Waals surface area contributed by atoms with Gasteiger partial charge in [0.1, 0.15) is 83.7 Å². The largest absolute Gasteiger partial charge is 0.508 e. The molecule has 596 valence electrons. The standard InChI is InChI=1S/C69H92N18O23/c1-34(77-64(105)52(32-90)86-67(108)57(35(2)92)87-66(107)51(31-89)79-55(97)28-75-54(96)26-70)58(99)80-45(8-5-21-73-69(71)72)60(101)81-47(23-37-11-17-41(94)18-12-37)62(103)85-53(33-91)65(106)84-50(30-88)59(100)76-29-56(98)78-48(25-39-27-74-44-7-4-3-6-43(39)44)63(104)82-46(22-36-9-15-40(93)16-10-36)61(102)83-49(68(109)110)24-38-13-19-42(95)20-14-38/h3-4,6-7,9-20,27,34-35,45-53,57,74,88-95H,5,8,21-26,28-33,70H2,1-2H3,(H,75,96)(H,76,100)(H,77,105)(H,78,98)(H,79,97)(H,80,99)(H,81,101)(H,82,104)(H,83,102)(H,84,106)(H,85,103)(H,86,108)(H,87,107)(H,109,110)(H4,71,72,73)/t34-,35+,45-,46-,47-,48-,49-,50-,51-,52-,53-,57-/m0/s1. The van der Waals surface area contributed by atoms with Crippen LogP contribution >= 0.6 is 0 Å². The van der Waals surface area contributed by atoms with Crippen molar-refractivity contribution in [2.45, 2.75) is 125 Å². The van der Waals surface area contributed by atoms with Crippen LogP contribution < -0.4 is 85.9 Å². The van der Waals surface area contributed by atoms with Crippen LogP contribution in [0.1, 0.15) is 48.9 Å². The van der Waals surface area contributed by atoms with Gasteiger partial charge in [-0.3, -0.25) is 67.7 Å². The molecule has 110 heavy (non-hydrogen) atoms. The number of H-pyrrole nitrogens is 1. The molecule has 0 spiro atoms. The number of hydrogen-bond donors (Lipinski definition) is 27. The van der Waals surface area contributed by atoms with Crippen molar-refractivity contribution in [3.63, 3.8) is 0 Å². The summed E-state index contributed by atoms with van der Waals surface area (Å²) in [6.45, 7) is -4.52. The van der Waals surface area contributed by atoms with Crippen LogP contribution in [0.25, 0.3) is 10.9 Å². The molecule has 29 N–H and O–H groups in total. The van der Waals surface area contributed by atoms with E-state index in [1.54, 1.807) is 30.5 Å². The van der Waals surface area contributed by atoms with Crippen LogP contribution in [0.15, 0.2) is 103 Å². The molecular formula is C69H92N18O23. The van der Waals surface area contributed by atoms with Crippen LogP contribution in [0.5, 0.6) is 17.2 Å². The highest BCUT2D eigenvalue weighted by atomic mass is 16.4. The first-order valence-electron chi connectivity index (χ1n) is 34.1. The van der Waals surface area contributed by atoms with Gasteiger partial charge in [0.25, 0.3) is 0 Å². The molecule has 0 radical (unpaired) electrons. The molecule has 0 saturated heterocycles. The molecule has 41 nitrogen and oxygen atoms in total. The minimum Gasteiger partial charge on any atom is -0.508 e. The lowest BCUT2D eigenvalue weighted by molar-refractivity contribution is -0.142. The Morgan fingerprint density at radius 1 is 0.427 bits per heavy atom. The molecule has 0 aliphatic heterocycles. The van der Waals surface area contributed by atoms with Gasteiger partial charge in [-0.2, -0.15) is 0 Å². The van der Waals surface area contributed by atoms with E-state index >= 15 is 0 Å². The number of phenolic OH excluding ortho intramolecular Hbond substituents is 3. The number of carbonyl (C=O) groups excluding carboxylic acids is 13. The summed E-state index contributed by atoms with van der Waals surface area (Å²) in [7, 11) is 0. The van der Waals surface area contributed by atoms with Crippen LogP contribution in [0.3, 0.4) is 0 Å². The summed E-state index contributed by atoms with van der Waals surface area (Å²) in [5, 5.41) is 132. The normalized spacial score (nSPS) is 14.3. The average molecular weight is 1540 g/mol. The van der Waals surface area contributed by atoms with Crippen molar-refractivity contribution in [2.24, 2.45) is 11.5 Å². The first-order chi connectivity index (χ1) is 52.3. The summed E-state index contributed by atoms with van der Waals surface area (Å²) in [6, 6.07) is 4.10. The van der Waals surface area contributed by atoms with Crippen molar-refractivity contribution in [1.82, 2.24) is 79.4 Å².